The predicted octanol–water partition coefficient (Wildman–Crippen LogP) is 2.43. The molecule has 1 saturated carbocycles. The zero-order valence-corrected chi connectivity index (χ0v) is 13.0. The van der Waals surface area contributed by atoms with Crippen LogP contribution in [0.25, 0.3) is 0 Å². The first kappa shape index (κ1) is 15.8. The molecular weight excluding hydrogens is 290 g/mol. The van der Waals surface area contributed by atoms with E-state index in [0.29, 0.717) is 19.4 Å². The van der Waals surface area contributed by atoms with Crippen molar-refractivity contribution in [3.63, 3.8) is 0 Å². The molecular formula is C14H21N3O3S. The molecule has 1 fully saturated rings. The highest BCUT2D eigenvalue weighted by Gasteiger charge is 2.40. The van der Waals surface area contributed by atoms with Gasteiger partial charge in [0.1, 0.15) is 10.5 Å². The van der Waals surface area contributed by atoms with Crippen LogP contribution < -0.4 is 10.6 Å². The van der Waals surface area contributed by atoms with E-state index in [0.717, 1.165) is 36.4 Å². The van der Waals surface area contributed by atoms with E-state index in [1.54, 1.807) is 0 Å². The van der Waals surface area contributed by atoms with Gasteiger partial charge in [-0.25, -0.2) is 14.6 Å². The van der Waals surface area contributed by atoms with Crippen LogP contribution in [0, 0.1) is 6.92 Å². The molecule has 0 aromatic carbocycles. The minimum absolute atomic E-state index is 0.319. The number of nitrogens with one attached hydrogen (secondary N) is 2. The molecule has 2 rings (SSSR count). The van der Waals surface area contributed by atoms with Gasteiger partial charge >= 0.3 is 12.0 Å². The Balaban J connectivity index is 1.93. The number of amides is 2. The summed E-state index contributed by atoms with van der Waals surface area (Å²) in [5, 5.41) is 17.6. The second-order valence-electron chi connectivity index (χ2n) is 5.49. The number of rotatable bonds is 4. The van der Waals surface area contributed by atoms with Crippen LogP contribution >= 0.6 is 11.3 Å². The fourth-order valence-corrected chi connectivity index (χ4v) is 3.34. The Hall–Kier alpha value is -1.63. The van der Waals surface area contributed by atoms with Crippen LogP contribution in [0.5, 0.6) is 0 Å². The highest BCUT2D eigenvalue weighted by molar-refractivity contribution is 7.09. The lowest BCUT2D eigenvalue weighted by molar-refractivity contribution is -0.145. The third kappa shape index (κ3) is 4.17. The van der Waals surface area contributed by atoms with Crippen LogP contribution in [0.15, 0.2) is 5.38 Å². The summed E-state index contributed by atoms with van der Waals surface area (Å²) in [5.74, 6) is -0.940. The van der Waals surface area contributed by atoms with E-state index in [1.807, 2.05) is 12.3 Å². The number of carbonyl (C=O) groups excluding carboxylic acids is 1. The number of carbonyl (C=O) groups is 2. The third-order valence-corrected chi connectivity index (χ3v) is 4.75. The Morgan fingerprint density at radius 2 is 2.00 bits per heavy atom. The lowest BCUT2D eigenvalue weighted by Crippen LogP contribution is -2.56. The molecule has 1 heterocycles. The molecule has 7 heteroatoms. The average molecular weight is 311 g/mol. The van der Waals surface area contributed by atoms with Gasteiger partial charge in [-0.15, -0.1) is 11.3 Å². The summed E-state index contributed by atoms with van der Waals surface area (Å²) in [6.45, 7) is 2.21. The zero-order valence-electron chi connectivity index (χ0n) is 12.1. The Morgan fingerprint density at radius 3 is 2.52 bits per heavy atom. The molecule has 3 N–H and O–H groups in total. The molecule has 1 aliphatic carbocycles. The molecule has 1 aliphatic rings. The molecule has 6 nitrogen and oxygen atoms in total. The number of hydrogen-bond donors (Lipinski definition) is 3. The third-order valence-electron chi connectivity index (χ3n) is 3.79. The molecule has 0 aliphatic heterocycles. The van der Waals surface area contributed by atoms with E-state index in [-0.39, 0.29) is 0 Å². The van der Waals surface area contributed by atoms with Gasteiger partial charge in [-0.2, -0.15) is 0 Å². The number of thiazole rings is 1. The number of aryl methyl sites for hydroxylation is 1. The van der Waals surface area contributed by atoms with Gasteiger partial charge in [-0.1, -0.05) is 25.7 Å². The quantitative estimate of drug-likeness (QED) is 0.745. The molecule has 21 heavy (non-hydrogen) atoms. The summed E-state index contributed by atoms with van der Waals surface area (Å²) >= 11 is 1.48. The molecule has 0 atom stereocenters. The molecule has 116 valence electrons. The van der Waals surface area contributed by atoms with Crippen LogP contribution in [0.1, 0.15) is 49.2 Å². The molecule has 1 aromatic rings. The van der Waals surface area contributed by atoms with E-state index in [4.69, 9.17) is 0 Å². The van der Waals surface area contributed by atoms with Gasteiger partial charge in [0.25, 0.3) is 0 Å². The van der Waals surface area contributed by atoms with Crippen LogP contribution in [-0.2, 0) is 11.3 Å². The lowest BCUT2D eigenvalue weighted by atomic mass is 9.90. The highest BCUT2D eigenvalue weighted by atomic mass is 32.1. The lowest BCUT2D eigenvalue weighted by Gasteiger charge is -2.29. The van der Waals surface area contributed by atoms with Crippen molar-refractivity contribution in [3.05, 3.63) is 16.1 Å². The van der Waals surface area contributed by atoms with Crippen LogP contribution in [-0.4, -0.2) is 27.6 Å². The Labute approximate surface area is 128 Å². The summed E-state index contributed by atoms with van der Waals surface area (Å²) in [5.41, 5.74) is -0.206. The van der Waals surface area contributed by atoms with Crippen molar-refractivity contribution in [1.29, 1.82) is 0 Å². The first-order valence-electron chi connectivity index (χ1n) is 7.22. The van der Waals surface area contributed by atoms with Gasteiger partial charge in [0.2, 0.25) is 0 Å². The molecule has 2 amide bonds. The standard InChI is InChI=1S/C14H21N3O3S/c1-10-9-21-11(16-10)8-15-13(20)17-14(12(18)19)6-4-2-3-5-7-14/h9H,2-8H2,1H3,(H,18,19)(H2,15,17,20). The van der Waals surface area contributed by atoms with Crippen molar-refractivity contribution in [1.82, 2.24) is 15.6 Å². The monoisotopic (exact) mass is 311 g/mol. The SMILES string of the molecule is Cc1csc(CNC(=O)NC2(C(=O)O)CCCCCC2)n1. The summed E-state index contributed by atoms with van der Waals surface area (Å²) in [6, 6.07) is -0.438. The summed E-state index contributed by atoms with van der Waals surface area (Å²) < 4.78 is 0. The average Bonchev–Trinajstić information content (AvgIpc) is 2.71. The molecule has 0 spiro atoms. The van der Waals surface area contributed by atoms with E-state index in [2.05, 4.69) is 15.6 Å². The minimum atomic E-state index is -1.13. The Kier molecular flexibility index (Phi) is 5.17. The fourth-order valence-electron chi connectivity index (χ4n) is 2.63. The normalized spacial score (nSPS) is 17.8. The van der Waals surface area contributed by atoms with Gasteiger partial charge in [0.15, 0.2) is 0 Å². The van der Waals surface area contributed by atoms with Crippen LogP contribution in [0.3, 0.4) is 0 Å². The van der Waals surface area contributed by atoms with Crippen molar-refractivity contribution in [2.75, 3.05) is 0 Å². The van der Waals surface area contributed by atoms with Crippen molar-refractivity contribution < 1.29 is 14.7 Å². The zero-order chi connectivity index (χ0) is 15.3. The number of urea groups is 1. The largest absolute Gasteiger partial charge is 0.480 e. The number of carboxylic acids is 1. The summed E-state index contributed by atoms with van der Waals surface area (Å²) in [7, 11) is 0. The minimum Gasteiger partial charge on any atom is -0.480 e. The second-order valence-corrected chi connectivity index (χ2v) is 6.43. The van der Waals surface area contributed by atoms with Gasteiger partial charge in [-0.3, -0.25) is 0 Å². The number of hydrogen-bond acceptors (Lipinski definition) is 4. The van der Waals surface area contributed by atoms with Gasteiger partial charge in [-0.05, 0) is 19.8 Å². The first-order chi connectivity index (χ1) is 10.0. The summed E-state index contributed by atoms with van der Waals surface area (Å²) in [6.07, 6.45) is 4.70. The Bertz CT molecular complexity index is 507. The van der Waals surface area contributed by atoms with E-state index < -0.39 is 17.5 Å². The van der Waals surface area contributed by atoms with Crippen molar-refractivity contribution >= 4 is 23.3 Å². The maximum atomic E-state index is 12.0. The maximum Gasteiger partial charge on any atom is 0.329 e. The topological polar surface area (TPSA) is 91.3 Å². The molecule has 0 unspecified atom stereocenters. The van der Waals surface area contributed by atoms with Crippen molar-refractivity contribution in [3.8, 4) is 0 Å². The van der Waals surface area contributed by atoms with Gasteiger partial charge < -0.3 is 15.7 Å². The second kappa shape index (κ2) is 6.89. The van der Waals surface area contributed by atoms with Gasteiger partial charge in [0, 0.05) is 11.1 Å². The number of carboxylic acid groups (broad SMARTS) is 1. The molecule has 0 saturated heterocycles. The number of aromatic nitrogens is 1. The summed E-state index contributed by atoms with van der Waals surface area (Å²) in [4.78, 5) is 27.9. The number of aliphatic carboxylic acids is 1. The Morgan fingerprint density at radius 1 is 1.33 bits per heavy atom. The smallest absolute Gasteiger partial charge is 0.329 e. The predicted molar refractivity (Wildman–Crippen MR) is 80.3 cm³/mol. The van der Waals surface area contributed by atoms with Crippen LogP contribution in [0.4, 0.5) is 4.79 Å². The van der Waals surface area contributed by atoms with Crippen molar-refractivity contribution in [2.45, 2.75) is 57.5 Å². The van der Waals surface area contributed by atoms with Crippen molar-refractivity contribution in [2.24, 2.45) is 0 Å². The molecule has 0 bridgehead atoms. The van der Waals surface area contributed by atoms with Gasteiger partial charge in [0.05, 0.1) is 6.54 Å². The maximum absolute atomic E-state index is 12.0. The fraction of sp³-hybridized carbons (Fsp3) is 0.643. The van der Waals surface area contributed by atoms with E-state index >= 15 is 0 Å². The number of nitrogens with zero attached hydrogens (tertiary/aromatic N) is 1. The molecule has 0 radical (unpaired) electrons. The first-order valence-corrected chi connectivity index (χ1v) is 8.10. The highest BCUT2D eigenvalue weighted by Crippen LogP contribution is 2.27. The van der Waals surface area contributed by atoms with E-state index in [9.17, 15) is 14.7 Å². The van der Waals surface area contributed by atoms with Crippen LogP contribution in [0.2, 0.25) is 0 Å². The molecule has 1 aromatic heterocycles. The van der Waals surface area contributed by atoms with E-state index in [1.165, 1.54) is 11.3 Å².